The van der Waals surface area contributed by atoms with Crippen molar-refractivity contribution in [3.8, 4) is 11.5 Å². The second-order valence-electron chi connectivity index (χ2n) is 12.7. The van der Waals surface area contributed by atoms with E-state index < -0.39 is 11.8 Å². The topological polar surface area (TPSA) is 68.3 Å². The van der Waals surface area contributed by atoms with Crippen LogP contribution in [0.3, 0.4) is 0 Å². The molecule has 2 amide bonds. The Balaban J connectivity index is 1.23. The summed E-state index contributed by atoms with van der Waals surface area (Å²) in [5.74, 6) is 2.03. The summed E-state index contributed by atoms with van der Waals surface area (Å²) >= 11 is 1.04. The largest absolute Gasteiger partial charge is 0.488 e. The number of fused-ring (bicyclic) bond motifs is 1. The fourth-order valence-corrected chi connectivity index (χ4v) is 7.62. The first-order chi connectivity index (χ1) is 21.2. The Kier molecular flexibility index (Phi) is 8.77. The number of carbonyl (C=O) groups excluding carboxylic acids is 2. The van der Waals surface area contributed by atoms with Crippen molar-refractivity contribution in [1.29, 1.82) is 0 Å². The van der Waals surface area contributed by atoms with Crippen LogP contribution in [0.4, 0.5) is 4.79 Å². The molecule has 3 atom stereocenters. The minimum Gasteiger partial charge on any atom is -0.488 e. The molecular formula is C36H42N2O5S. The summed E-state index contributed by atoms with van der Waals surface area (Å²) in [6.07, 6.45) is 1.34. The summed E-state index contributed by atoms with van der Waals surface area (Å²) in [6.45, 7) is 13.5. The molecule has 44 heavy (non-hydrogen) atoms. The standard InChI is InChI=1S/C36H42N2O5S/c1-23-24(2)33-31(25(3)32(23)41-20-26-13-8-6-9-14-26)29(36(4,5)43-33)19-37-18-12-17-28(37)21-42-34(27-15-10-7-11-16-27)38-30(39)22-44-35(38)40/h6-11,13-16,28-29,34H,12,17-22H2,1-5H3/t28-,29?,34?/m1/s1. The predicted molar refractivity (Wildman–Crippen MR) is 173 cm³/mol. The molecule has 0 N–H and O–H groups in total. The molecular weight excluding hydrogens is 572 g/mol. The highest BCUT2D eigenvalue weighted by Gasteiger charge is 2.46. The number of hydrogen-bond donors (Lipinski definition) is 0. The van der Waals surface area contributed by atoms with E-state index in [2.05, 4.69) is 51.7 Å². The van der Waals surface area contributed by atoms with Crippen molar-refractivity contribution < 1.29 is 23.8 Å². The van der Waals surface area contributed by atoms with Crippen molar-refractivity contribution in [2.24, 2.45) is 0 Å². The lowest BCUT2D eigenvalue weighted by molar-refractivity contribution is -0.137. The van der Waals surface area contributed by atoms with Crippen molar-refractivity contribution in [2.45, 2.75) is 77.9 Å². The maximum absolute atomic E-state index is 12.7. The number of hydrogen-bond acceptors (Lipinski definition) is 7. The van der Waals surface area contributed by atoms with E-state index in [0.717, 1.165) is 77.0 Å². The van der Waals surface area contributed by atoms with E-state index in [1.165, 1.54) is 10.5 Å². The van der Waals surface area contributed by atoms with Crippen molar-refractivity contribution >= 4 is 22.9 Å². The van der Waals surface area contributed by atoms with Crippen LogP contribution in [-0.4, -0.2) is 58.0 Å². The van der Waals surface area contributed by atoms with Crippen molar-refractivity contribution in [1.82, 2.24) is 9.80 Å². The van der Waals surface area contributed by atoms with Gasteiger partial charge in [0.25, 0.3) is 5.24 Å². The molecule has 0 bridgehead atoms. The molecule has 7 nitrogen and oxygen atoms in total. The quantitative estimate of drug-likeness (QED) is 0.237. The van der Waals surface area contributed by atoms with E-state index in [1.54, 1.807) is 0 Å². The van der Waals surface area contributed by atoms with Crippen molar-refractivity contribution in [3.63, 3.8) is 0 Å². The van der Waals surface area contributed by atoms with Crippen LogP contribution in [-0.2, 0) is 16.1 Å². The zero-order valence-corrected chi connectivity index (χ0v) is 27.1. The Bertz CT molecular complexity index is 1510. The number of amides is 2. The Morgan fingerprint density at radius 3 is 2.36 bits per heavy atom. The molecule has 6 rings (SSSR count). The van der Waals surface area contributed by atoms with E-state index >= 15 is 0 Å². The van der Waals surface area contributed by atoms with Gasteiger partial charge in [0.15, 0.2) is 6.23 Å². The summed E-state index contributed by atoms with van der Waals surface area (Å²) in [5.41, 5.74) is 6.20. The molecule has 8 heteroatoms. The Hall–Kier alpha value is -3.33. The predicted octanol–water partition coefficient (Wildman–Crippen LogP) is 7.32. The number of likely N-dealkylation sites (tertiary alicyclic amines) is 1. The third-order valence-corrected chi connectivity index (χ3v) is 10.3. The highest BCUT2D eigenvalue weighted by molar-refractivity contribution is 8.14. The lowest BCUT2D eigenvalue weighted by atomic mass is 9.82. The van der Waals surface area contributed by atoms with Gasteiger partial charge in [-0.05, 0) is 76.3 Å². The number of carbonyl (C=O) groups is 2. The first-order valence-corrected chi connectivity index (χ1v) is 16.5. The number of benzene rings is 3. The minimum absolute atomic E-state index is 0.138. The average Bonchev–Trinajstić information content (AvgIpc) is 3.69. The monoisotopic (exact) mass is 614 g/mol. The van der Waals surface area contributed by atoms with Crippen molar-refractivity contribution in [3.05, 3.63) is 94.0 Å². The van der Waals surface area contributed by atoms with Crippen molar-refractivity contribution in [2.75, 3.05) is 25.4 Å². The molecule has 0 spiro atoms. The second-order valence-corrected chi connectivity index (χ2v) is 13.6. The Morgan fingerprint density at radius 2 is 1.68 bits per heavy atom. The lowest BCUT2D eigenvalue weighted by Crippen LogP contribution is -2.43. The molecule has 0 saturated carbocycles. The van der Waals surface area contributed by atoms with Crippen LogP contribution in [0, 0.1) is 20.8 Å². The smallest absolute Gasteiger partial charge is 0.291 e. The molecule has 3 heterocycles. The van der Waals surface area contributed by atoms with Crippen LogP contribution in [0.5, 0.6) is 11.5 Å². The van der Waals surface area contributed by atoms with Gasteiger partial charge in [0.05, 0.1) is 12.4 Å². The molecule has 3 aliphatic heterocycles. The Morgan fingerprint density at radius 1 is 0.977 bits per heavy atom. The third-order valence-electron chi connectivity index (χ3n) is 9.48. The summed E-state index contributed by atoms with van der Waals surface area (Å²) in [6, 6.07) is 20.0. The van der Waals surface area contributed by atoms with Gasteiger partial charge in [0.2, 0.25) is 5.91 Å². The van der Waals surface area contributed by atoms with E-state index in [4.69, 9.17) is 14.2 Å². The first-order valence-electron chi connectivity index (χ1n) is 15.5. The number of thioether (sulfide) groups is 1. The highest BCUT2D eigenvalue weighted by atomic mass is 32.2. The summed E-state index contributed by atoms with van der Waals surface area (Å²) in [7, 11) is 0. The van der Waals surface area contributed by atoms with Gasteiger partial charge in [-0.25, -0.2) is 4.90 Å². The average molecular weight is 615 g/mol. The molecule has 3 aromatic rings. The maximum atomic E-state index is 12.7. The van der Waals surface area contributed by atoms with Gasteiger partial charge in [-0.3, -0.25) is 14.5 Å². The highest BCUT2D eigenvalue weighted by Crippen LogP contribution is 2.52. The number of ether oxygens (including phenoxy) is 3. The number of nitrogens with zero attached hydrogens (tertiary/aromatic N) is 2. The van der Waals surface area contributed by atoms with Crippen LogP contribution in [0.1, 0.15) is 72.2 Å². The van der Waals surface area contributed by atoms with Crippen LogP contribution < -0.4 is 9.47 Å². The van der Waals surface area contributed by atoms with Gasteiger partial charge in [0.1, 0.15) is 23.7 Å². The molecule has 2 saturated heterocycles. The van der Waals surface area contributed by atoms with Gasteiger partial charge in [-0.2, -0.15) is 0 Å². The van der Waals surface area contributed by atoms with Gasteiger partial charge < -0.3 is 14.2 Å². The summed E-state index contributed by atoms with van der Waals surface area (Å²) in [5, 5.41) is -0.250. The van der Waals surface area contributed by atoms with Crippen LogP contribution >= 0.6 is 11.8 Å². The number of imide groups is 1. The zero-order valence-electron chi connectivity index (χ0n) is 26.3. The molecule has 0 radical (unpaired) electrons. The first kappa shape index (κ1) is 30.7. The minimum atomic E-state index is -0.724. The number of rotatable bonds is 10. The van der Waals surface area contributed by atoms with E-state index in [0.29, 0.717) is 13.2 Å². The lowest BCUT2D eigenvalue weighted by Gasteiger charge is -2.34. The molecule has 0 aromatic heterocycles. The van der Waals surface area contributed by atoms with Gasteiger partial charge in [-0.1, -0.05) is 72.4 Å². The fourth-order valence-electron chi connectivity index (χ4n) is 6.90. The molecule has 232 valence electrons. The van der Waals surface area contributed by atoms with E-state index in [-0.39, 0.29) is 28.9 Å². The molecule has 2 fully saturated rings. The molecule has 0 aliphatic carbocycles. The van der Waals surface area contributed by atoms with Gasteiger partial charge in [0, 0.05) is 29.6 Å². The van der Waals surface area contributed by atoms with Crippen LogP contribution in [0.25, 0.3) is 0 Å². The second kappa shape index (κ2) is 12.6. The zero-order chi connectivity index (χ0) is 31.0. The molecule has 2 unspecified atom stereocenters. The normalized spacial score (nSPS) is 21.9. The summed E-state index contributed by atoms with van der Waals surface area (Å²) < 4.78 is 19.7. The SMILES string of the molecule is Cc1c(C)c2c(c(C)c1OCc1ccccc1)C(CN1CCC[C@@H]1COC(c1ccccc1)N1C(=O)CSC1=O)C(C)(C)O2. The Labute approximate surface area is 264 Å². The summed E-state index contributed by atoms with van der Waals surface area (Å²) in [4.78, 5) is 29.2. The van der Waals surface area contributed by atoms with E-state index in [9.17, 15) is 9.59 Å². The fraction of sp³-hybridized carbons (Fsp3) is 0.444. The van der Waals surface area contributed by atoms with Crippen LogP contribution in [0.2, 0.25) is 0 Å². The third kappa shape index (κ3) is 5.87. The maximum Gasteiger partial charge on any atom is 0.291 e. The van der Waals surface area contributed by atoms with Crippen LogP contribution in [0.15, 0.2) is 60.7 Å². The van der Waals surface area contributed by atoms with Gasteiger partial charge in [-0.15, -0.1) is 0 Å². The molecule has 3 aliphatic rings. The molecule has 3 aromatic carbocycles. The van der Waals surface area contributed by atoms with E-state index in [1.807, 2.05) is 48.5 Å². The van der Waals surface area contributed by atoms with Gasteiger partial charge >= 0.3 is 0 Å².